The van der Waals surface area contributed by atoms with Gasteiger partial charge in [0.1, 0.15) is 11.3 Å². The number of rotatable bonds is 6. The fourth-order valence-corrected chi connectivity index (χ4v) is 2.61. The number of para-hydroxylation sites is 1. The first-order valence-corrected chi connectivity index (χ1v) is 8.24. The molecule has 0 aliphatic heterocycles. The number of benzene rings is 1. The molecule has 1 aliphatic rings. The van der Waals surface area contributed by atoms with E-state index in [-0.39, 0.29) is 12.5 Å². The molecule has 1 aromatic carbocycles. The molecule has 1 heterocycles. The van der Waals surface area contributed by atoms with Crippen LogP contribution >= 0.6 is 0 Å². The highest BCUT2D eigenvalue weighted by molar-refractivity contribution is 5.31. The third-order valence-electron chi connectivity index (χ3n) is 4.16. The molecule has 1 saturated carbocycles. The van der Waals surface area contributed by atoms with Gasteiger partial charge in [0.05, 0.1) is 12.3 Å². The third kappa shape index (κ3) is 4.21. The normalized spacial score (nSPS) is 14.6. The van der Waals surface area contributed by atoms with Crippen molar-refractivity contribution in [3.8, 4) is 5.75 Å². The van der Waals surface area contributed by atoms with E-state index in [0.29, 0.717) is 18.7 Å². The zero-order valence-electron chi connectivity index (χ0n) is 13.8. The fourth-order valence-electron chi connectivity index (χ4n) is 2.61. The van der Waals surface area contributed by atoms with Gasteiger partial charge < -0.3 is 4.74 Å². The van der Waals surface area contributed by atoms with E-state index in [1.54, 1.807) is 0 Å². The molecular weight excluding hydrogens is 333 g/mol. The zero-order chi connectivity index (χ0) is 18.0. The summed E-state index contributed by atoms with van der Waals surface area (Å²) >= 11 is 0. The number of halogens is 3. The molecule has 1 aromatic heterocycles. The van der Waals surface area contributed by atoms with Crippen molar-refractivity contribution in [2.75, 3.05) is 6.61 Å². The second kappa shape index (κ2) is 6.90. The number of aromatic nitrogens is 2. The Bertz CT molecular complexity index is 811. The van der Waals surface area contributed by atoms with Crippen LogP contribution in [0, 0.1) is 6.92 Å². The van der Waals surface area contributed by atoms with Crippen LogP contribution in [0.3, 0.4) is 0 Å². The average molecular weight is 352 g/mol. The number of hydrogen-bond acceptors (Lipinski definition) is 3. The minimum absolute atomic E-state index is 0.0381. The number of nitrogens with zero attached hydrogens (tertiary/aromatic N) is 2. The highest BCUT2D eigenvalue weighted by Crippen LogP contribution is 2.40. The Hall–Kier alpha value is -2.31. The summed E-state index contributed by atoms with van der Waals surface area (Å²) in [6, 6.07) is 8.39. The molecule has 0 unspecified atom stereocenters. The topological polar surface area (TPSA) is 44.1 Å². The second-order valence-corrected chi connectivity index (χ2v) is 6.25. The molecular formula is C18H19F3N2O2. The maximum Gasteiger partial charge on any atom is 0.421 e. The molecule has 0 saturated heterocycles. The van der Waals surface area contributed by atoms with Crippen molar-refractivity contribution in [3.05, 3.63) is 57.5 Å². The van der Waals surface area contributed by atoms with Crippen LogP contribution in [0.5, 0.6) is 5.75 Å². The highest BCUT2D eigenvalue weighted by Gasteiger charge is 2.37. The monoisotopic (exact) mass is 352 g/mol. The molecule has 25 heavy (non-hydrogen) atoms. The Morgan fingerprint density at radius 2 is 2.00 bits per heavy atom. The predicted octanol–water partition coefficient (Wildman–Crippen LogP) is 3.92. The standard InChI is InChI=1S/C18H19F3N2O2/c1-12-5-2-3-6-16(12)25-10-4-9-23-17(24)14(18(19,20)21)11-15(22-23)13-7-8-13/h2-3,5-6,11,13H,4,7-10H2,1H3. The van der Waals surface area contributed by atoms with Gasteiger partial charge in [-0.3, -0.25) is 4.79 Å². The number of aryl methyl sites for hydroxylation is 2. The molecule has 0 N–H and O–H groups in total. The molecule has 0 amide bonds. The Kier molecular flexibility index (Phi) is 4.83. The van der Waals surface area contributed by atoms with E-state index in [1.807, 2.05) is 31.2 Å². The van der Waals surface area contributed by atoms with Crippen LogP contribution in [-0.4, -0.2) is 16.4 Å². The van der Waals surface area contributed by atoms with E-state index in [1.165, 1.54) is 0 Å². The number of ether oxygens (including phenoxy) is 1. The van der Waals surface area contributed by atoms with Gasteiger partial charge in [-0.05, 0) is 37.5 Å². The maximum absolute atomic E-state index is 13.1. The lowest BCUT2D eigenvalue weighted by Gasteiger charge is -2.13. The van der Waals surface area contributed by atoms with Crippen LogP contribution in [-0.2, 0) is 12.7 Å². The van der Waals surface area contributed by atoms with Gasteiger partial charge in [0.15, 0.2) is 0 Å². The molecule has 0 atom stereocenters. The quantitative estimate of drug-likeness (QED) is 0.740. The van der Waals surface area contributed by atoms with Crippen LogP contribution in [0.25, 0.3) is 0 Å². The van der Waals surface area contributed by atoms with Gasteiger partial charge in [-0.1, -0.05) is 18.2 Å². The van der Waals surface area contributed by atoms with Crippen molar-refractivity contribution < 1.29 is 17.9 Å². The Morgan fingerprint density at radius 1 is 1.28 bits per heavy atom. The summed E-state index contributed by atoms with van der Waals surface area (Å²) in [5, 5.41) is 4.12. The summed E-state index contributed by atoms with van der Waals surface area (Å²) < 4.78 is 45.8. The van der Waals surface area contributed by atoms with E-state index >= 15 is 0 Å². The highest BCUT2D eigenvalue weighted by atomic mass is 19.4. The van der Waals surface area contributed by atoms with E-state index in [4.69, 9.17) is 4.74 Å². The molecule has 7 heteroatoms. The van der Waals surface area contributed by atoms with Crippen molar-refractivity contribution in [3.63, 3.8) is 0 Å². The second-order valence-electron chi connectivity index (χ2n) is 6.25. The van der Waals surface area contributed by atoms with Gasteiger partial charge in [0.25, 0.3) is 5.56 Å². The van der Waals surface area contributed by atoms with Gasteiger partial charge in [0, 0.05) is 18.9 Å². The summed E-state index contributed by atoms with van der Waals surface area (Å²) in [4.78, 5) is 12.1. The van der Waals surface area contributed by atoms with E-state index in [9.17, 15) is 18.0 Å². The Morgan fingerprint density at radius 3 is 2.64 bits per heavy atom. The first-order valence-electron chi connectivity index (χ1n) is 8.24. The van der Waals surface area contributed by atoms with Gasteiger partial charge >= 0.3 is 6.18 Å². The molecule has 134 valence electrons. The molecule has 1 fully saturated rings. The third-order valence-corrected chi connectivity index (χ3v) is 4.16. The largest absolute Gasteiger partial charge is 0.493 e. The van der Waals surface area contributed by atoms with Gasteiger partial charge in [-0.25, -0.2) is 4.68 Å². The van der Waals surface area contributed by atoms with Gasteiger partial charge in [-0.2, -0.15) is 18.3 Å². The van der Waals surface area contributed by atoms with Crippen molar-refractivity contribution in [1.29, 1.82) is 0 Å². The Balaban J connectivity index is 1.70. The van der Waals surface area contributed by atoms with Gasteiger partial charge in [-0.15, -0.1) is 0 Å². The first-order chi connectivity index (χ1) is 11.9. The molecule has 0 bridgehead atoms. The fraction of sp³-hybridized carbons (Fsp3) is 0.444. The molecule has 0 radical (unpaired) electrons. The van der Waals surface area contributed by atoms with Crippen LogP contribution in [0.4, 0.5) is 13.2 Å². The van der Waals surface area contributed by atoms with E-state index < -0.39 is 17.3 Å². The Labute approximate surface area is 143 Å². The predicted molar refractivity (Wildman–Crippen MR) is 86.8 cm³/mol. The van der Waals surface area contributed by atoms with Crippen molar-refractivity contribution in [2.24, 2.45) is 0 Å². The first kappa shape index (κ1) is 17.5. The average Bonchev–Trinajstić information content (AvgIpc) is 3.38. The minimum Gasteiger partial charge on any atom is -0.493 e. The molecule has 4 nitrogen and oxygen atoms in total. The van der Waals surface area contributed by atoms with Gasteiger partial charge in [0.2, 0.25) is 0 Å². The van der Waals surface area contributed by atoms with E-state index in [0.717, 1.165) is 34.9 Å². The minimum atomic E-state index is -4.66. The summed E-state index contributed by atoms with van der Waals surface area (Å²) in [6.45, 7) is 2.30. The van der Waals surface area contributed by atoms with Crippen molar-refractivity contribution >= 4 is 0 Å². The summed E-state index contributed by atoms with van der Waals surface area (Å²) in [6.07, 6.45) is -2.63. The molecule has 3 rings (SSSR count). The number of hydrogen-bond donors (Lipinski definition) is 0. The van der Waals surface area contributed by atoms with Crippen LogP contribution in [0.1, 0.15) is 42.0 Å². The van der Waals surface area contributed by atoms with E-state index in [2.05, 4.69) is 5.10 Å². The van der Waals surface area contributed by atoms with Crippen LogP contribution in [0.15, 0.2) is 35.1 Å². The molecule has 0 spiro atoms. The zero-order valence-corrected chi connectivity index (χ0v) is 13.8. The van der Waals surface area contributed by atoms with Crippen LogP contribution < -0.4 is 10.3 Å². The lowest BCUT2D eigenvalue weighted by atomic mass is 10.2. The smallest absolute Gasteiger partial charge is 0.421 e. The molecule has 2 aromatic rings. The summed E-state index contributed by atoms with van der Waals surface area (Å²) in [5.74, 6) is 0.765. The van der Waals surface area contributed by atoms with Crippen molar-refractivity contribution in [2.45, 2.75) is 44.8 Å². The SMILES string of the molecule is Cc1ccccc1OCCCn1nc(C2CC2)cc(C(F)(F)F)c1=O. The summed E-state index contributed by atoms with van der Waals surface area (Å²) in [5.41, 5.74) is -0.892. The maximum atomic E-state index is 13.1. The summed E-state index contributed by atoms with van der Waals surface area (Å²) in [7, 11) is 0. The lowest BCUT2D eigenvalue weighted by molar-refractivity contribution is -0.139. The van der Waals surface area contributed by atoms with Crippen LogP contribution in [0.2, 0.25) is 0 Å². The van der Waals surface area contributed by atoms with Crippen molar-refractivity contribution in [1.82, 2.24) is 9.78 Å². The molecule has 1 aliphatic carbocycles. The lowest BCUT2D eigenvalue weighted by Crippen LogP contribution is -2.32. The number of alkyl halides is 3.